The quantitative estimate of drug-likeness (QED) is 0.902. The molecule has 1 aromatic carbocycles. The molecule has 1 N–H and O–H groups in total. The molecule has 0 saturated carbocycles. The highest BCUT2D eigenvalue weighted by atomic mass is 32.1. The molecule has 132 valence electrons. The highest BCUT2D eigenvalue weighted by Gasteiger charge is 2.37. The van der Waals surface area contributed by atoms with Gasteiger partial charge in [0.25, 0.3) is 0 Å². The van der Waals surface area contributed by atoms with Crippen molar-refractivity contribution < 1.29 is 13.9 Å². The minimum Gasteiger partial charge on any atom is -0.445 e. The number of hydrogen-bond acceptors (Lipinski definition) is 4. The summed E-state index contributed by atoms with van der Waals surface area (Å²) < 4.78 is 20.0. The zero-order chi connectivity index (χ0) is 17.2. The predicted molar refractivity (Wildman–Crippen MR) is 95.1 cm³/mol. The van der Waals surface area contributed by atoms with Gasteiger partial charge in [-0.2, -0.15) is 0 Å². The minimum atomic E-state index is -0.533. The molecule has 3 fully saturated rings. The molecule has 4 heterocycles. The van der Waals surface area contributed by atoms with E-state index in [1.54, 1.807) is 18.2 Å². The molecule has 2 atom stereocenters. The first-order valence-electron chi connectivity index (χ1n) is 8.68. The van der Waals surface area contributed by atoms with Crippen LogP contribution in [0.2, 0.25) is 0 Å². The van der Waals surface area contributed by atoms with Crippen LogP contribution in [0.1, 0.15) is 29.3 Å². The van der Waals surface area contributed by atoms with Gasteiger partial charge in [-0.3, -0.25) is 4.90 Å². The largest absolute Gasteiger partial charge is 0.445 e. The lowest BCUT2D eigenvalue weighted by Crippen LogP contribution is -2.52. The lowest BCUT2D eigenvalue weighted by molar-refractivity contribution is -0.0336. The summed E-state index contributed by atoms with van der Waals surface area (Å²) in [6.07, 6.45) is 1.63. The van der Waals surface area contributed by atoms with Crippen LogP contribution in [-0.4, -0.2) is 36.7 Å². The molecule has 5 rings (SSSR count). The summed E-state index contributed by atoms with van der Waals surface area (Å²) in [5.41, 5.74) is 0.454. The van der Waals surface area contributed by atoms with Crippen molar-refractivity contribution in [1.29, 1.82) is 0 Å². The van der Waals surface area contributed by atoms with Crippen molar-refractivity contribution in [3.63, 3.8) is 0 Å². The van der Waals surface area contributed by atoms with Crippen LogP contribution in [0.5, 0.6) is 0 Å². The SMILES string of the molecule is O=C(NC(c1cccs1)c1ccccc1F)OC1CN2CCC1CC2. The fourth-order valence-corrected chi connectivity index (χ4v) is 4.59. The number of thiophene rings is 1. The summed E-state index contributed by atoms with van der Waals surface area (Å²) in [6.45, 7) is 3.00. The van der Waals surface area contributed by atoms with Gasteiger partial charge in [-0.25, -0.2) is 9.18 Å². The smallest absolute Gasteiger partial charge is 0.408 e. The maximum absolute atomic E-state index is 14.3. The first-order valence-corrected chi connectivity index (χ1v) is 9.56. The van der Waals surface area contributed by atoms with E-state index >= 15 is 0 Å². The number of nitrogens with one attached hydrogen (secondary N) is 1. The van der Waals surface area contributed by atoms with Crippen molar-refractivity contribution in [2.45, 2.75) is 25.0 Å². The van der Waals surface area contributed by atoms with Crippen molar-refractivity contribution in [3.05, 3.63) is 58.0 Å². The van der Waals surface area contributed by atoms with E-state index in [9.17, 15) is 9.18 Å². The topological polar surface area (TPSA) is 41.6 Å². The molecule has 2 aromatic rings. The number of rotatable bonds is 4. The second-order valence-corrected chi connectivity index (χ2v) is 7.68. The summed E-state index contributed by atoms with van der Waals surface area (Å²) >= 11 is 1.49. The minimum absolute atomic E-state index is 0.0629. The number of alkyl carbamates (subject to hydrolysis) is 1. The Bertz CT molecular complexity index is 729. The third-order valence-corrected chi connectivity index (χ3v) is 6.10. The van der Waals surface area contributed by atoms with Gasteiger partial charge < -0.3 is 10.1 Å². The Balaban J connectivity index is 1.49. The van der Waals surface area contributed by atoms with Crippen LogP contribution >= 0.6 is 11.3 Å². The normalized spacial score (nSPS) is 26.2. The fourth-order valence-electron chi connectivity index (χ4n) is 3.80. The number of piperidine rings is 3. The lowest BCUT2D eigenvalue weighted by atomic mass is 9.86. The monoisotopic (exact) mass is 360 g/mol. The van der Waals surface area contributed by atoms with Crippen molar-refractivity contribution in [2.24, 2.45) is 5.92 Å². The first-order chi connectivity index (χ1) is 12.2. The van der Waals surface area contributed by atoms with Gasteiger partial charge in [0.05, 0.1) is 6.04 Å². The number of nitrogens with zero attached hydrogens (tertiary/aromatic N) is 1. The van der Waals surface area contributed by atoms with E-state index in [4.69, 9.17) is 4.74 Å². The number of hydrogen-bond donors (Lipinski definition) is 1. The van der Waals surface area contributed by atoms with Crippen LogP contribution in [0, 0.1) is 11.7 Å². The Hall–Kier alpha value is -1.92. The number of ether oxygens (including phenoxy) is 1. The molecule has 0 radical (unpaired) electrons. The second-order valence-electron chi connectivity index (χ2n) is 6.70. The van der Waals surface area contributed by atoms with Gasteiger partial charge in [-0.15, -0.1) is 11.3 Å². The van der Waals surface area contributed by atoms with E-state index in [-0.39, 0.29) is 11.9 Å². The number of halogens is 1. The van der Waals surface area contributed by atoms with E-state index < -0.39 is 12.1 Å². The Labute approximate surface area is 150 Å². The van der Waals surface area contributed by atoms with Crippen molar-refractivity contribution in [2.75, 3.05) is 19.6 Å². The molecule has 1 aromatic heterocycles. The molecule has 25 heavy (non-hydrogen) atoms. The molecular weight excluding hydrogens is 339 g/mol. The van der Waals surface area contributed by atoms with E-state index in [2.05, 4.69) is 10.2 Å². The predicted octanol–water partition coefficient (Wildman–Crippen LogP) is 3.80. The maximum Gasteiger partial charge on any atom is 0.408 e. The molecule has 0 spiro atoms. The molecule has 3 aliphatic heterocycles. The van der Waals surface area contributed by atoms with Gasteiger partial charge in [-0.05, 0) is 49.4 Å². The molecular formula is C19H21FN2O2S. The third kappa shape index (κ3) is 3.55. The molecule has 1 amide bonds. The number of benzene rings is 1. The van der Waals surface area contributed by atoms with E-state index in [1.807, 2.05) is 17.5 Å². The summed E-state index contributed by atoms with van der Waals surface area (Å²) in [4.78, 5) is 15.7. The Morgan fingerprint density at radius 1 is 1.24 bits per heavy atom. The number of amides is 1. The van der Waals surface area contributed by atoms with Gasteiger partial charge >= 0.3 is 6.09 Å². The van der Waals surface area contributed by atoms with Gasteiger partial charge in [-0.1, -0.05) is 24.3 Å². The zero-order valence-electron chi connectivity index (χ0n) is 13.9. The zero-order valence-corrected chi connectivity index (χ0v) is 14.7. The lowest BCUT2D eigenvalue weighted by Gasteiger charge is -2.43. The molecule has 3 saturated heterocycles. The van der Waals surface area contributed by atoms with Crippen LogP contribution in [-0.2, 0) is 4.74 Å². The van der Waals surface area contributed by atoms with Crippen molar-refractivity contribution in [1.82, 2.24) is 10.2 Å². The highest BCUT2D eigenvalue weighted by molar-refractivity contribution is 7.10. The molecule has 3 aliphatic rings. The number of carbonyl (C=O) groups excluding carboxylic acids is 1. The molecule has 2 bridgehead atoms. The Morgan fingerprint density at radius 3 is 2.68 bits per heavy atom. The standard InChI is InChI=1S/C19H21FN2O2S/c20-15-5-2-1-4-14(15)18(17-6-3-11-25-17)21-19(23)24-16-12-22-9-7-13(16)8-10-22/h1-6,11,13,16,18H,7-10,12H2,(H,21,23). The third-order valence-electron chi connectivity index (χ3n) is 5.16. The average Bonchev–Trinajstić information content (AvgIpc) is 3.16. The van der Waals surface area contributed by atoms with Crippen molar-refractivity contribution >= 4 is 17.4 Å². The van der Waals surface area contributed by atoms with Crippen molar-refractivity contribution in [3.8, 4) is 0 Å². The van der Waals surface area contributed by atoms with Crippen LogP contribution in [0.25, 0.3) is 0 Å². The highest BCUT2D eigenvalue weighted by Crippen LogP contribution is 2.31. The fraction of sp³-hybridized carbons (Fsp3) is 0.421. The second kappa shape index (κ2) is 7.14. The van der Waals surface area contributed by atoms with Crippen LogP contribution < -0.4 is 5.32 Å². The molecule has 6 heteroatoms. The molecule has 0 aliphatic carbocycles. The van der Waals surface area contributed by atoms with Gasteiger partial charge in [0, 0.05) is 17.0 Å². The average molecular weight is 360 g/mol. The van der Waals surface area contributed by atoms with E-state index in [0.717, 1.165) is 37.4 Å². The Kier molecular flexibility index (Phi) is 4.72. The van der Waals surface area contributed by atoms with E-state index in [0.29, 0.717) is 11.5 Å². The summed E-state index contributed by atoms with van der Waals surface area (Å²) in [6, 6.07) is 9.81. The Morgan fingerprint density at radius 2 is 2.04 bits per heavy atom. The summed E-state index contributed by atoms with van der Waals surface area (Å²) in [5.74, 6) is 0.119. The first kappa shape index (κ1) is 16.5. The summed E-state index contributed by atoms with van der Waals surface area (Å²) in [7, 11) is 0. The maximum atomic E-state index is 14.3. The van der Waals surface area contributed by atoms with Crippen LogP contribution in [0.4, 0.5) is 9.18 Å². The molecule has 2 unspecified atom stereocenters. The van der Waals surface area contributed by atoms with Gasteiger partial charge in [0.15, 0.2) is 0 Å². The van der Waals surface area contributed by atoms with Crippen LogP contribution in [0.3, 0.4) is 0 Å². The van der Waals surface area contributed by atoms with Gasteiger partial charge in [0.2, 0.25) is 0 Å². The number of fused-ring (bicyclic) bond motifs is 3. The summed E-state index contributed by atoms with van der Waals surface area (Å²) in [5, 5.41) is 4.79. The van der Waals surface area contributed by atoms with E-state index in [1.165, 1.54) is 17.4 Å². The number of carbonyl (C=O) groups is 1. The van der Waals surface area contributed by atoms with Gasteiger partial charge in [0.1, 0.15) is 11.9 Å². The van der Waals surface area contributed by atoms with Crippen LogP contribution in [0.15, 0.2) is 41.8 Å². The molecule has 4 nitrogen and oxygen atoms in total.